The van der Waals surface area contributed by atoms with E-state index in [2.05, 4.69) is 5.32 Å². The zero-order chi connectivity index (χ0) is 16.2. The molecular weight excluding hydrogens is 312 g/mol. The van der Waals surface area contributed by atoms with Crippen LogP contribution in [0.25, 0.3) is 6.08 Å². The molecule has 3 rings (SSSR count). The molecule has 4 nitrogen and oxygen atoms in total. The van der Waals surface area contributed by atoms with E-state index in [1.165, 1.54) is 4.90 Å². The maximum absolute atomic E-state index is 12.0. The molecule has 1 fully saturated rings. The average Bonchev–Trinajstić information content (AvgIpc) is 2.80. The molecular formula is C18H15ClN2O2. The first-order valence-corrected chi connectivity index (χ1v) is 7.65. The topological polar surface area (TPSA) is 49.4 Å². The minimum Gasteiger partial charge on any atom is -0.289 e. The Morgan fingerprint density at radius 3 is 2.57 bits per heavy atom. The second-order valence-corrected chi connectivity index (χ2v) is 5.67. The van der Waals surface area contributed by atoms with Crippen molar-refractivity contribution >= 4 is 29.6 Å². The van der Waals surface area contributed by atoms with Gasteiger partial charge in [-0.15, -0.1) is 0 Å². The van der Waals surface area contributed by atoms with Gasteiger partial charge < -0.3 is 0 Å². The highest BCUT2D eigenvalue weighted by molar-refractivity contribution is 6.30. The molecule has 1 heterocycles. The number of hydrogen-bond acceptors (Lipinski definition) is 2. The minimum atomic E-state index is -0.390. The van der Waals surface area contributed by atoms with Crippen LogP contribution >= 0.6 is 11.6 Å². The van der Waals surface area contributed by atoms with E-state index in [4.69, 9.17) is 11.6 Å². The van der Waals surface area contributed by atoms with Crippen molar-refractivity contribution in [2.45, 2.75) is 6.42 Å². The molecule has 0 saturated carbocycles. The first-order valence-electron chi connectivity index (χ1n) is 7.27. The van der Waals surface area contributed by atoms with Crippen molar-refractivity contribution in [3.63, 3.8) is 0 Å². The van der Waals surface area contributed by atoms with Crippen LogP contribution in [0.5, 0.6) is 0 Å². The van der Waals surface area contributed by atoms with Crippen LogP contribution in [0.4, 0.5) is 4.79 Å². The van der Waals surface area contributed by atoms with E-state index in [1.54, 1.807) is 24.3 Å². The first kappa shape index (κ1) is 15.3. The summed E-state index contributed by atoms with van der Waals surface area (Å²) in [7, 11) is 0. The largest absolute Gasteiger partial charge is 0.329 e. The van der Waals surface area contributed by atoms with Gasteiger partial charge >= 0.3 is 6.03 Å². The summed E-state index contributed by atoms with van der Waals surface area (Å²) >= 11 is 5.96. The Morgan fingerprint density at radius 2 is 1.83 bits per heavy atom. The third-order valence-corrected chi connectivity index (χ3v) is 3.84. The van der Waals surface area contributed by atoms with Crippen LogP contribution < -0.4 is 5.32 Å². The highest BCUT2D eigenvalue weighted by Crippen LogP contribution is 2.19. The van der Waals surface area contributed by atoms with Gasteiger partial charge in [-0.25, -0.2) is 4.79 Å². The van der Waals surface area contributed by atoms with E-state index in [-0.39, 0.29) is 11.9 Å². The summed E-state index contributed by atoms with van der Waals surface area (Å²) < 4.78 is 0. The molecule has 5 heteroatoms. The quantitative estimate of drug-likeness (QED) is 0.691. The molecule has 1 aliphatic rings. The van der Waals surface area contributed by atoms with E-state index in [1.807, 2.05) is 36.4 Å². The summed E-state index contributed by atoms with van der Waals surface area (Å²) in [5.41, 5.74) is 2.23. The fraction of sp³-hybridized carbons (Fsp3) is 0.111. The predicted octanol–water partition coefficient (Wildman–Crippen LogP) is 3.48. The maximum atomic E-state index is 12.0. The smallest absolute Gasteiger partial charge is 0.289 e. The van der Waals surface area contributed by atoms with E-state index in [0.717, 1.165) is 11.1 Å². The van der Waals surface area contributed by atoms with Crippen LogP contribution in [0.3, 0.4) is 0 Å². The fourth-order valence-corrected chi connectivity index (χ4v) is 2.66. The number of benzene rings is 2. The molecule has 0 atom stereocenters. The molecule has 2 aromatic carbocycles. The molecule has 2 aromatic rings. The van der Waals surface area contributed by atoms with Crippen LogP contribution in [0.15, 0.2) is 60.3 Å². The Labute approximate surface area is 139 Å². The number of rotatable bonds is 4. The lowest BCUT2D eigenvalue weighted by Crippen LogP contribution is -2.29. The summed E-state index contributed by atoms with van der Waals surface area (Å²) in [6, 6.07) is 16.6. The second-order valence-electron chi connectivity index (χ2n) is 5.23. The number of urea groups is 1. The highest BCUT2D eigenvalue weighted by Gasteiger charge is 2.32. The van der Waals surface area contributed by atoms with E-state index in [9.17, 15) is 9.59 Å². The van der Waals surface area contributed by atoms with Gasteiger partial charge in [0.05, 0.1) is 0 Å². The number of halogens is 1. The molecule has 0 spiro atoms. The molecule has 3 amide bonds. The Morgan fingerprint density at radius 1 is 1.04 bits per heavy atom. The second kappa shape index (κ2) is 6.67. The van der Waals surface area contributed by atoms with Gasteiger partial charge in [0.1, 0.15) is 5.70 Å². The summed E-state index contributed by atoms with van der Waals surface area (Å²) in [4.78, 5) is 25.5. The number of imide groups is 1. The van der Waals surface area contributed by atoms with Gasteiger partial charge in [0.25, 0.3) is 5.91 Å². The van der Waals surface area contributed by atoms with E-state index in [0.29, 0.717) is 23.7 Å². The number of nitrogens with zero attached hydrogens (tertiary/aromatic N) is 1. The van der Waals surface area contributed by atoms with Crippen molar-refractivity contribution in [1.29, 1.82) is 0 Å². The minimum absolute atomic E-state index is 0.341. The summed E-state index contributed by atoms with van der Waals surface area (Å²) in [6.45, 7) is 0.438. The normalized spacial score (nSPS) is 16.0. The Bertz CT molecular complexity index is 772. The first-order chi connectivity index (χ1) is 11.1. The van der Waals surface area contributed by atoms with Crippen LogP contribution in [0.1, 0.15) is 11.1 Å². The molecule has 0 aromatic heterocycles. The monoisotopic (exact) mass is 326 g/mol. The van der Waals surface area contributed by atoms with Gasteiger partial charge in [0, 0.05) is 11.6 Å². The van der Waals surface area contributed by atoms with E-state index < -0.39 is 0 Å². The van der Waals surface area contributed by atoms with Crippen molar-refractivity contribution in [3.8, 4) is 0 Å². The molecule has 116 valence electrons. The number of hydrogen-bond donors (Lipinski definition) is 1. The Hall–Kier alpha value is -2.59. The number of nitrogens with one attached hydrogen (secondary N) is 1. The van der Waals surface area contributed by atoms with Gasteiger partial charge in [-0.2, -0.15) is 0 Å². The zero-order valence-electron chi connectivity index (χ0n) is 12.3. The van der Waals surface area contributed by atoms with Crippen molar-refractivity contribution in [2.24, 2.45) is 0 Å². The SMILES string of the molecule is O=C1NC(=O)N(CCc2ccccc2)/C1=C\c1cccc(Cl)c1. The lowest BCUT2D eigenvalue weighted by Gasteiger charge is -2.15. The zero-order valence-corrected chi connectivity index (χ0v) is 13.1. The molecule has 1 saturated heterocycles. The van der Waals surface area contributed by atoms with Gasteiger partial charge in [-0.1, -0.05) is 54.1 Å². The molecule has 0 radical (unpaired) electrons. The van der Waals surface area contributed by atoms with Gasteiger partial charge in [-0.05, 0) is 35.8 Å². The molecule has 0 bridgehead atoms. The van der Waals surface area contributed by atoms with Crippen molar-refractivity contribution in [1.82, 2.24) is 10.2 Å². The van der Waals surface area contributed by atoms with Gasteiger partial charge in [0.2, 0.25) is 0 Å². The highest BCUT2D eigenvalue weighted by atomic mass is 35.5. The average molecular weight is 327 g/mol. The number of carbonyl (C=O) groups is 2. The summed E-state index contributed by atoms with van der Waals surface area (Å²) in [6.07, 6.45) is 2.35. The Balaban J connectivity index is 1.82. The third kappa shape index (κ3) is 3.60. The molecule has 1 N–H and O–H groups in total. The van der Waals surface area contributed by atoms with Gasteiger partial charge in [0.15, 0.2) is 0 Å². The van der Waals surface area contributed by atoms with Crippen molar-refractivity contribution in [3.05, 3.63) is 76.4 Å². The van der Waals surface area contributed by atoms with Crippen LogP contribution in [-0.2, 0) is 11.2 Å². The van der Waals surface area contributed by atoms with Crippen molar-refractivity contribution in [2.75, 3.05) is 6.54 Å². The summed E-state index contributed by atoms with van der Waals surface area (Å²) in [5, 5.41) is 2.92. The van der Waals surface area contributed by atoms with E-state index >= 15 is 0 Å². The Kier molecular flexibility index (Phi) is 4.44. The molecule has 23 heavy (non-hydrogen) atoms. The standard InChI is InChI=1S/C18H15ClN2O2/c19-15-8-4-7-14(11-15)12-16-17(22)20-18(23)21(16)10-9-13-5-2-1-3-6-13/h1-8,11-12H,9-10H2,(H,20,22,23)/b16-12-. The van der Waals surface area contributed by atoms with Gasteiger partial charge in [-0.3, -0.25) is 15.0 Å². The predicted molar refractivity (Wildman–Crippen MR) is 89.8 cm³/mol. The van der Waals surface area contributed by atoms with Crippen LogP contribution in [0.2, 0.25) is 5.02 Å². The van der Waals surface area contributed by atoms with Crippen molar-refractivity contribution < 1.29 is 9.59 Å². The summed E-state index contributed by atoms with van der Waals surface area (Å²) in [5.74, 6) is -0.386. The van der Waals surface area contributed by atoms with Crippen LogP contribution in [0, 0.1) is 0 Å². The molecule has 0 unspecified atom stereocenters. The third-order valence-electron chi connectivity index (χ3n) is 3.61. The lowest BCUT2D eigenvalue weighted by atomic mass is 10.1. The molecule has 0 aliphatic carbocycles. The van der Waals surface area contributed by atoms with Crippen LogP contribution in [-0.4, -0.2) is 23.4 Å². The number of amides is 3. The number of carbonyl (C=O) groups excluding carboxylic acids is 2. The lowest BCUT2D eigenvalue weighted by molar-refractivity contribution is -0.116. The maximum Gasteiger partial charge on any atom is 0.329 e. The fourth-order valence-electron chi connectivity index (χ4n) is 2.47. The molecule has 1 aliphatic heterocycles.